The fourth-order valence-electron chi connectivity index (χ4n) is 1.70. The number of ether oxygens (including phenoxy) is 1. The summed E-state index contributed by atoms with van der Waals surface area (Å²) in [5.74, 6) is 0.219. The molecule has 0 spiro atoms. The monoisotopic (exact) mass is 235 g/mol. The van der Waals surface area contributed by atoms with Crippen LogP contribution in [0.3, 0.4) is 0 Å². The lowest BCUT2D eigenvalue weighted by molar-refractivity contribution is 0.0693. The standard InChI is InChI=1S/C11H13N3O3/c1-12-6-9-13-10(11(15)16)8-5-7(17-2)3-4-14(8)9/h3-5,12H,6H2,1-2H3,(H,15,16). The van der Waals surface area contributed by atoms with Crippen LogP contribution in [0, 0.1) is 0 Å². The Balaban J connectivity index is 2.67. The molecule has 0 amide bonds. The summed E-state index contributed by atoms with van der Waals surface area (Å²) in [6.45, 7) is 0.501. The number of pyridine rings is 1. The molecule has 0 radical (unpaired) electrons. The maximum absolute atomic E-state index is 11.1. The van der Waals surface area contributed by atoms with Crippen molar-refractivity contribution in [1.29, 1.82) is 0 Å². The van der Waals surface area contributed by atoms with E-state index in [9.17, 15) is 4.79 Å². The summed E-state index contributed by atoms with van der Waals surface area (Å²) >= 11 is 0. The second-order valence-corrected chi connectivity index (χ2v) is 3.53. The molecule has 0 aliphatic carbocycles. The average molecular weight is 235 g/mol. The van der Waals surface area contributed by atoms with Crippen molar-refractivity contribution in [2.24, 2.45) is 0 Å². The Morgan fingerprint density at radius 1 is 1.65 bits per heavy atom. The third kappa shape index (κ3) is 1.94. The first-order chi connectivity index (χ1) is 8.17. The van der Waals surface area contributed by atoms with E-state index in [1.807, 2.05) is 0 Å². The molecule has 2 rings (SSSR count). The number of carboxylic acids is 1. The van der Waals surface area contributed by atoms with Crippen LogP contribution in [-0.4, -0.2) is 34.6 Å². The zero-order valence-electron chi connectivity index (χ0n) is 9.60. The summed E-state index contributed by atoms with van der Waals surface area (Å²) in [5, 5.41) is 12.0. The van der Waals surface area contributed by atoms with Crippen LogP contribution in [0.2, 0.25) is 0 Å². The highest BCUT2D eigenvalue weighted by Crippen LogP contribution is 2.19. The van der Waals surface area contributed by atoms with E-state index in [2.05, 4.69) is 10.3 Å². The topological polar surface area (TPSA) is 75.9 Å². The zero-order chi connectivity index (χ0) is 12.4. The molecule has 0 saturated heterocycles. The molecule has 0 saturated carbocycles. The largest absolute Gasteiger partial charge is 0.497 e. The van der Waals surface area contributed by atoms with Gasteiger partial charge in [0.1, 0.15) is 11.6 Å². The van der Waals surface area contributed by atoms with Gasteiger partial charge in [0.05, 0.1) is 19.2 Å². The van der Waals surface area contributed by atoms with Crippen molar-refractivity contribution in [3.05, 3.63) is 29.8 Å². The lowest BCUT2D eigenvalue weighted by Gasteiger charge is -2.02. The number of hydrogen-bond donors (Lipinski definition) is 2. The molecule has 90 valence electrons. The van der Waals surface area contributed by atoms with Gasteiger partial charge in [-0.3, -0.25) is 0 Å². The molecule has 2 aromatic heterocycles. The van der Waals surface area contributed by atoms with Crippen LogP contribution in [-0.2, 0) is 6.54 Å². The second kappa shape index (κ2) is 4.42. The van der Waals surface area contributed by atoms with Crippen molar-refractivity contribution < 1.29 is 14.6 Å². The fraction of sp³-hybridized carbons (Fsp3) is 0.273. The van der Waals surface area contributed by atoms with Crippen molar-refractivity contribution in [1.82, 2.24) is 14.7 Å². The average Bonchev–Trinajstić information content (AvgIpc) is 2.68. The molecule has 0 aliphatic rings. The number of aromatic carboxylic acids is 1. The first-order valence-corrected chi connectivity index (χ1v) is 5.10. The van der Waals surface area contributed by atoms with Crippen LogP contribution in [0.25, 0.3) is 5.52 Å². The van der Waals surface area contributed by atoms with E-state index in [1.165, 1.54) is 7.11 Å². The Hall–Kier alpha value is -2.08. The maximum Gasteiger partial charge on any atom is 0.356 e. The summed E-state index contributed by atoms with van der Waals surface area (Å²) in [5.41, 5.74) is 0.566. The molecule has 0 bridgehead atoms. The predicted octanol–water partition coefficient (Wildman–Crippen LogP) is 0.761. The lowest BCUT2D eigenvalue weighted by atomic mass is 10.3. The van der Waals surface area contributed by atoms with Crippen molar-refractivity contribution >= 4 is 11.5 Å². The predicted molar refractivity (Wildman–Crippen MR) is 61.5 cm³/mol. The van der Waals surface area contributed by atoms with Crippen LogP contribution < -0.4 is 10.1 Å². The normalized spacial score (nSPS) is 10.7. The molecule has 0 fully saturated rings. The van der Waals surface area contributed by atoms with Gasteiger partial charge >= 0.3 is 5.97 Å². The number of nitrogens with zero attached hydrogens (tertiary/aromatic N) is 2. The Morgan fingerprint density at radius 2 is 2.41 bits per heavy atom. The SMILES string of the molecule is CNCc1nc(C(=O)O)c2cc(OC)ccn12. The highest BCUT2D eigenvalue weighted by Gasteiger charge is 2.16. The summed E-state index contributed by atoms with van der Waals surface area (Å²) in [7, 11) is 3.32. The molecule has 17 heavy (non-hydrogen) atoms. The number of fused-ring (bicyclic) bond motifs is 1. The molecule has 0 aliphatic heterocycles. The number of nitrogens with one attached hydrogen (secondary N) is 1. The Morgan fingerprint density at radius 3 is 3.00 bits per heavy atom. The van der Waals surface area contributed by atoms with Gasteiger partial charge in [-0.2, -0.15) is 0 Å². The number of aromatic nitrogens is 2. The zero-order valence-corrected chi connectivity index (χ0v) is 9.60. The lowest BCUT2D eigenvalue weighted by Crippen LogP contribution is -2.08. The van der Waals surface area contributed by atoms with Gasteiger partial charge in [-0.15, -0.1) is 0 Å². The van der Waals surface area contributed by atoms with Crippen LogP contribution in [0.15, 0.2) is 18.3 Å². The Kier molecular flexibility index (Phi) is 2.97. The molecular weight excluding hydrogens is 222 g/mol. The molecule has 6 heteroatoms. The number of hydrogen-bond acceptors (Lipinski definition) is 4. The fourth-order valence-corrected chi connectivity index (χ4v) is 1.70. The van der Waals surface area contributed by atoms with Crippen LogP contribution >= 0.6 is 0 Å². The van der Waals surface area contributed by atoms with Gasteiger partial charge < -0.3 is 19.6 Å². The minimum absolute atomic E-state index is 0.0363. The van der Waals surface area contributed by atoms with Crippen molar-refractivity contribution in [2.75, 3.05) is 14.2 Å². The third-order valence-corrected chi connectivity index (χ3v) is 2.46. The summed E-state index contributed by atoms with van der Waals surface area (Å²) in [6.07, 6.45) is 1.75. The highest BCUT2D eigenvalue weighted by molar-refractivity contribution is 5.94. The molecular formula is C11H13N3O3. The first-order valence-electron chi connectivity index (χ1n) is 5.10. The van der Waals surface area contributed by atoms with Crippen molar-refractivity contribution in [3.63, 3.8) is 0 Å². The molecule has 2 aromatic rings. The maximum atomic E-state index is 11.1. The van der Waals surface area contributed by atoms with Gasteiger partial charge in [0.15, 0.2) is 5.69 Å². The van der Waals surface area contributed by atoms with Gasteiger partial charge in [0, 0.05) is 12.3 Å². The van der Waals surface area contributed by atoms with E-state index in [1.54, 1.807) is 29.8 Å². The third-order valence-electron chi connectivity index (χ3n) is 2.46. The first kappa shape index (κ1) is 11.4. The molecule has 0 unspecified atom stereocenters. The van der Waals surface area contributed by atoms with Gasteiger partial charge in [-0.05, 0) is 13.1 Å². The van der Waals surface area contributed by atoms with Crippen molar-refractivity contribution in [2.45, 2.75) is 6.54 Å². The summed E-state index contributed by atoms with van der Waals surface area (Å²) in [4.78, 5) is 15.2. The number of methoxy groups -OCH3 is 1. The second-order valence-electron chi connectivity index (χ2n) is 3.53. The number of carboxylic acid groups (broad SMARTS) is 1. The van der Waals surface area contributed by atoms with Crippen LogP contribution in [0.5, 0.6) is 5.75 Å². The molecule has 0 aromatic carbocycles. The van der Waals surface area contributed by atoms with Gasteiger partial charge in [0.25, 0.3) is 0 Å². The Labute approximate surface area is 97.8 Å². The van der Waals surface area contributed by atoms with E-state index in [0.717, 1.165) is 0 Å². The van der Waals surface area contributed by atoms with Crippen molar-refractivity contribution in [3.8, 4) is 5.75 Å². The quantitative estimate of drug-likeness (QED) is 0.818. The number of imidazole rings is 1. The van der Waals surface area contributed by atoms with E-state index in [0.29, 0.717) is 23.6 Å². The van der Waals surface area contributed by atoms with Gasteiger partial charge in [-0.1, -0.05) is 0 Å². The van der Waals surface area contributed by atoms with E-state index in [-0.39, 0.29) is 5.69 Å². The Bertz CT molecular complexity index is 562. The number of rotatable bonds is 4. The van der Waals surface area contributed by atoms with Gasteiger partial charge in [-0.25, -0.2) is 9.78 Å². The smallest absolute Gasteiger partial charge is 0.356 e. The number of carbonyl (C=O) groups is 1. The highest BCUT2D eigenvalue weighted by atomic mass is 16.5. The van der Waals surface area contributed by atoms with Crippen LogP contribution in [0.1, 0.15) is 16.3 Å². The molecule has 2 N–H and O–H groups in total. The van der Waals surface area contributed by atoms with Crippen LogP contribution in [0.4, 0.5) is 0 Å². The minimum atomic E-state index is -1.04. The molecule has 2 heterocycles. The van der Waals surface area contributed by atoms with E-state index in [4.69, 9.17) is 9.84 Å². The molecule has 0 atom stereocenters. The van der Waals surface area contributed by atoms with E-state index >= 15 is 0 Å². The molecule has 6 nitrogen and oxygen atoms in total. The van der Waals surface area contributed by atoms with E-state index < -0.39 is 5.97 Å². The summed E-state index contributed by atoms with van der Waals surface area (Å²) < 4.78 is 6.82. The minimum Gasteiger partial charge on any atom is -0.497 e. The van der Waals surface area contributed by atoms with Gasteiger partial charge in [0.2, 0.25) is 0 Å². The summed E-state index contributed by atoms with van der Waals surface area (Å²) in [6, 6.07) is 3.43.